The Labute approximate surface area is 169 Å². The molecule has 1 aromatic heterocycles. The number of carbonyl (C=O) groups is 3. The van der Waals surface area contributed by atoms with Crippen LogP contribution in [0.1, 0.15) is 26.4 Å². The molecule has 0 aliphatic carbocycles. The molecule has 0 spiro atoms. The van der Waals surface area contributed by atoms with Gasteiger partial charge in [-0.05, 0) is 25.5 Å². The first-order valence-electron chi connectivity index (χ1n) is 8.41. The second kappa shape index (κ2) is 6.72. The van der Waals surface area contributed by atoms with Crippen LogP contribution in [0.5, 0.6) is 0 Å². The standard InChI is InChI=1S/C19H15ClN2O5S/c1-8-9(2)28-18(12(8)19(25)26-3)22-16(23)13-14(21-27-15(13)17(22)24)10-6-4-5-7-11(10)20/h4-7,13,15H,1-3H3/t13-,15+/m1/s1. The number of nitrogens with zero attached hydrogens (tertiary/aromatic N) is 2. The third-order valence-corrected chi connectivity index (χ3v) is 6.44. The molecule has 4 rings (SSSR count). The molecule has 0 saturated carbocycles. The second-order valence-corrected chi connectivity index (χ2v) is 8.04. The average molecular weight is 419 g/mol. The van der Waals surface area contributed by atoms with E-state index < -0.39 is 29.8 Å². The highest BCUT2D eigenvalue weighted by molar-refractivity contribution is 7.17. The first-order chi connectivity index (χ1) is 13.4. The minimum Gasteiger partial charge on any atom is -0.465 e. The Morgan fingerprint density at radius 3 is 2.64 bits per heavy atom. The quantitative estimate of drug-likeness (QED) is 0.564. The maximum Gasteiger partial charge on any atom is 0.341 e. The van der Waals surface area contributed by atoms with Gasteiger partial charge < -0.3 is 9.57 Å². The van der Waals surface area contributed by atoms with Gasteiger partial charge in [0, 0.05) is 15.5 Å². The maximum absolute atomic E-state index is 13.2. The number of anilines is 1. The topological polar surface area (TPSA) is 85.3 Å². The van der Waals surface area contributed by atoms with E-state index in [9.17, 15) is 14.4 Å². The van der Waals surface area contributed by atoms with E-state index in [0.717, 1.165) is 9.78 Å². The van der Waals surface area contributed by atoms with E-state index in [4.69, 9.17) is 21.2 Å². The zero-order chi connectivity index (χ0) is 20.2. The second-order valence-electron chi connectivity index (χ2n) is 6.43. The Kier molecular flexibility index (Phi) is 4.47. The molecule has 0 N–H and O–H groups in total. The zero-order valence-corrected chi connectivity index (χ0v) is 16.8. The maximum atomic E-state index is 13.2. The number of halogens is 1. The van der Waals surface area contributed by atoms with E-state index in [-0.39, 0.29) is 10.6 Å². The van der Waals surface area contributed by atoms with Gasteiger partial charge in [-0.25, -0.2) is 9.69 Å². The van der Waals surface area contributed by atoms with Gasteiger partial charge in [0.25, 0.3) is 5.91 Å². The van der Waals surface area contributed by atoms with Crippen LogP contribution in [0.2, 0.25) is 5.02 Å². The van der Waals surface area contributed by atoms with Crippen LogP contribution in [0.25, 0.3) is 0 Å². The molecule has 2 aliphatic rings. The number of rotatable bonds is 3. The molecular formula is C19H15ClN2O5S. The Morgan fingerprint density at radius 1 is 1.25 bits per heavy atom. The molecule has 2 aliphatic heterocycles. The first kappa shape index (κ1) is 18.6. The molecule has 2 amide bonds. The fraction of sp³-hybridized carbons (Fsp3) is 0.263. The van der Waals surface area contributed by atoms with Crippen LogP contribution in [0.15, 0.2) is 29.4 Å². The van der Waals surface area contributed by atoms with E-state index in [2.05, 4.69) is 5.16 Å². The molecule has 144 valence electrons. The van der Waals surface area contributed by atoms with Crippen molar-refractivity contribution in [1.29, 1.82) is 0 Å². The Bertz CT molecular complexity index is 1060. The van der Waals surface area contributed by atoms with Gasteiger partial charge in [0.2, 0.25) is 12.0 Å². The number of carbonyl (C=O) groups excluding carboxylic acids is 3. The molecule has 2 aromatic rings. The molecule has 7 nitrogen and oxygen atoms in total. The van der Waals surface area contributed by atoms with Gasteiger partial charge in [0.05, 0.1) is 12.7 Å². The average Bonchev–Trinajstić information content (AvgIpc) is 3.30. The van der Waals surface area contributed by atoms with Gasteiger partial charge in [-0.15, -0.1) is 11.3 Å². The Balaban J connectivity index is 1.78. The van der Waals surface area contributed by atoms with Gasteiger partial charge in [-0.1, -0.05) is 35.0 Å². The molecule has 9 heteroatoms. The molecule has 3 heterocycles. The highest BCUT2D eigenvalue weighted by Gasteiger charge is 2.57. The smallest absolute Gasteiger partial charge is 0.341 e. The molecule has 28 heavy (non-hydrogen) atoms. The van der Waals surface area contributed by atoms with Gasteiger partial charge in [-0.3, -0.25) is 9.59 Å². The van der Waals surface area contributed by atoms with Crippen molar-refractivity contribution in [3.05, 3.63) is 50.9 Å². The van der Waals surface area contributed by atoms with Crippen LogP contribution in [0.3, 0.4) is 0 Å². The van der Waals surface area contributed by atoms with E-state index >= 15 is 0 Å². The molecule has 1 fully saturated rings. The highest BCUT2D eigenvalue weighted by atomic mass is 35.5. The van der Waals surface area contributed by atoms with Crippen molar-refractivity contribution < 1.29 is 24.0 Å². The van der Waals surface area contributed by atoms with Crippen molar-refractivity contribution in [2.24, 2.45) is 11.1 Å². The molecule has 0 unspecified atom stereocenters. The van der Waals surface area contributed by atoms with Crippen molar-refractivity contribution in [2.75, 3.05) is 12.0 Å². The molecule has 1 saturated heterocycles. The monoisotopic (exact) mass is 418 g/mol. The molecule has 0 radical (unpaired) electrons. The summed E-state index contributed by atoms with van der Waals surface area (Å²) in [6.07, 6.45) is -1.08. The van der Waals surface area contributed by atoms with Gasteiger partial charge >= 0.3 is 5.97 Å². The van der Waals surface area contributed by atoms with Crippen LogP contribution in [-0.2, 0) is 19.2 Å². The lowest BCUT2D eigenvalue weighted by Crippen LogP contribution is -2.33. The number of hydrogen-bond acceptors (Lipinski definition) is 7. The van der Waals surface area contributed by atoms with Crippen LogP contribution >= 0.6 is 22.9 Å². The summed E-state index contributed by atoms with van der Waals surface area (Å²) >= 11 is 7.43. The summed E-state index contributed by atoms with van der Waals surface area (Å²) in [5.74, 6) is -2.58. The Morgan fingerprint density at radius 2 is 1.96 bits per heavy atom. The summed E-state index contributed by atoms with van der Waals surface area (Å²) in [7, 11) is 1.26. The van der Waals surface area contributed by atoms with E-state index in [1.165, 1.54) is 18.4 Å². The summed E-state index contributed by atoms with van der Waals surface area (Å²) < 4.78 is 4.85. The SMILES string of the molecule is COC(=O)c1c(N2C(=O)[C@@H]3C(c4ccccc4Cl)=NO[C@@H]3C2=O)sc(C)c1C. The number of thiophene rings is 1. The molecule has 2 atom stereocenters. The summed E-state index contributed by atoms with van der Waals surface area (Å²) in [6.45, 7) is 3.56. The summed E-state index contributed by atoms with van der Waals surface area (Å²) in [6, 6.07) is 6.91. The minimum absolute atomic E-state index is 0.211. The van der Waals surface area contributed by atoms with E-state index in [1.807, 2.05) is 6.92 Å². The molecule has 1 aromatic carbocycles. The van der Waals surface area contributed by atoms with E-state index in [1.54, 1.807) is 31.2 Å². The van der Waals surface area contributed by atoms with Crippen molar-refractivity contribution in [2.45, 2.75) is 20.0 Å². The first-order valence-corrected chi connectivity index (χ1v) is 9.61. The highest BCUT2D eigenvalue weighted by Crippen LogP contribution is 2.42. The molecule has 0 bridgehead atoms. The van der Waals surface area contributed by atoms with Crippen LogP contribution in [-0.4, -0.2) is 36.7 Å². The zero-order valence-electron chi connectivity index (χ0n) is 15.2. The predicted molar refractivity (Wildman–Crippen MR) is 104 cm³/mol. The number of hydrogen-bond donors (Lipinski definition) is 0. The number of benzene rings is 1. The number of methoxy groups -OCH3 is 1. The molecular weight excluding hydrogens is 404 g/mol. The summed E-state index contributed by atoms with van der Waals surface area (Å²) in [5.41, 5.74) is 1.72. The van der Waals surface area contributed by atoms with Gasteiger partial charge in [-0.2, -0.15) is 0 Å². The normalized spacial score (nSPS) is 20.9. The van der Waals surface area contributed by atoms with Crippen molar-refractivity contribution in [3.63, 3.8) is 0 Å². The van der Waals surface area contributed by atoms with Crippen LogP contribution in [0.4, 0.5) is 5.00 Å². The summed E-state index contributed by atoms with van der Waals surface area (Å²) in [5, 5.41) is 4.60. The number of amides is 2. The number of oxime groups is 1. The van der Waals surface area contributed by atoms with Crippen molar-refractivity contribution in [3.8, 4) is 0 Å². The minimum atomic E-state index is -1.08. The van der Waals surface area contributed by atoms with Gasteiger partial charge in [0.15, 0.2) is 0 Å². The van der Waals surface area contributed by atoms with E-state index in [0.29, 0.717) is 21.9 Å². The van der Waals surface area contributed by atoms with Crippen LogP contribution in [0, 0.1) is 19.8 Å². The fourth-order valence-electron chi connectivity index (χ4n) is 3.38. The number of imide groups is 1. The third-order valence-electron chi connectivity index (χ3n) is 4.92. The number of aryl methyl sites for hydroxylation is 1. The van der Waals surface area contributed by atoms with Crippen LogP contribution < -0.4 is 4.90 Å². The summed E-state index contributed by atoms with van der Waals surface area (Å²) in [4.78, 5) is 45.6. The third kappa shape index (κ3) is 2.56. The largest absolute Gasteiger partial charge is 0.465 e. The van der Waals surface area contributed by atoms with Crippen molar-refractivity contribution in [1.82, 2.24) is 0 Å². The number of esters is 1. The number of ether oxygens (including phenoxy) is 1. The lowest BCUT2D eigenvalue weighted by atomic mass is 9.94. The lowest BCUT2D eigenvalue weighted by molar-refractivity contribution is -0.126. The lowest BCUT2D eigenvalue weighted by Gasteiger charge is -2.15. The Hall–Kier alpha value is -2.71. The number of fused-ring (bicyclic) bond motifs is 1. The van der Waals surface area contributed by atoms with Gasteiger partial charge in [0.1, 0.15) is 16.6 Å². The fourth-order valence-corrected chi connectivity index (χ4v) is 4.77. The van der Waals surface area contributed by atoms with Crippen molar-refractivity contribution >= 4 is 51.4 Å². The predicted octanol–water partition coefficient (Wildman–Crippen LogP) is 3.10.